The van der Waals surface area contributed by atoms with Crippen LogP contribution >= 0.6 is 0 Å². The molecule has 0 aliphatic carbocycles. The van der Waals surface area contributed by atoms with Gasteiger partial charge in [-0.05, 0) is 13.0 Å². The summed E-state index contributed by atoms with van der Waals surface area (Å²) in [4.78, 5) is 20.4. The summed E-state index contributed by atoms with van der Waals surface area (Å²) in [6.07, 6.45) is 0. The van der Waals surface area contributed by atoms with Crippen LogP contribution in [0.1, 0.15) is 6.92 Å². The van der Waals surface area contributed by atoms with Gasteiger partial charge in [-0.2, -0.15) is 4.72 Å². The van der Waals surface area contributed by atoms with Crippen LogP contribution in [0.4, 0.5) is 11.4 Å². The van der Waals surface area contributed by atoms with Crippen LogP contribution in [0, 0.1) is 10.1 Å². The first-order chi connectivity index (χ1) is 9.19. The molecule has 0 bridgehead atoms. The van der Waals surface area contributed by atoms with Crippen molar-refractivity contribution < 1.29 is 18.1 Å². The Labute approximate surface area is 114 Å². The standard InChI is InChI=1S/C9H13N5O5S/c1-5(9(10)15)13-20(18,19)8-3-2-6(14(16)17)4-7(8)12-11/h2-5,12-13H,11H2,1H3,(H2,10,15). The second kappa shape index (κ2) is 5.81. The van der Waals surface area contributed by atoms with Crippen molar-refractivity contribution in [3.05, 3.63) is 28.3 Å². The fourth-order valence-corrected chi connectivity index (χ4v) is 2.70. The number of hydrazine groups is 1. The van der Waals surface area contributed by atoms with Crippen molar-refractivity contribution in [1.82, 2.24) is 4.72 Å². The number of nitrogens with one attached hydrogen (secondary N) is 2. The van der Waals surface area contributed by atoms with E-state index in [-0.39, 0.29) is 16.3 Å². The van der Waals surface area contributed by atoms with Crippen LogP contribution in [-0.4, -0.2) is 25.3 Å². The highest BCUT2D eigenvalue weighted by atomic mass is 32.2. The van der Waals surface area contributed by atoms with Gasteiger partial charge in [0.15, 0.2) is 0 Å². The smallest absolute Gasteiger partial charge is 0.271 e. The van der Waals surface area contributed by atoms with Gasteiger partial charge in [-0.15, -0.1) is 0 Å². The molecule has 0 radical (unpaired) electrons. The predicted octanol–water partition coefficient (Wildman–Crippen LogP) is -0.967. The molecular weight excluding hydrogens is 290 g/mol. The molecule has 0 fully saturated rings. The van der Waals surface area contributed by atoms with Crippen LogP contribution < -0.4 is 21.7 Å². The summed E-state index contributed by atoms with van der Waals surface area (Å²) in [6, 6.07) is 1.83. The molecule has 0 saturated carbocycles. The highest BCUT2D eigenvalue weighted by Crippen LogP contribution is 2.25. The molecule has 0 saturated heterocycles. The number of non-ortho nitro benzene ring substituents is 1. The number of carbonyl (C=O) groups is 1. The summed E-state index contributed by atoms with van der Waals surface area (Å²) in [7, 11) is -4.11. The highest BCUT2D eigenvalue weighted by Gasteiger charge is 2.24. The molecule has 1 amide bonds. The van der Waals surface area contributed by atoms with E-state index < -0.39 is 26.9 Å². The van der Waals surface area contributed by atoms with E-state index in [0.29, 0.717) is 0 Å². The number of hydrogen-bond donors (Lipinski definition) is 4. The molecule has 0 aromatic heterocycles. The molecular formula is C9H13N5O5S. The van der Waals surface area contributed by atoms with Crippen molar-refractivity contribution in [1.29, 1.82) is 0 Å². The van der Waals surface area contributed by atoms with Crippen LogP contribution in [0.2, 0.25) is 0 Å². The Bertz CT molecular complexity index is 644. The van der Waals surface area contributed by atoms with Gasteiger partial charge in [0.25, 0.3) is 5.69 Å². The number of sulfonamides is 1. The lowest BCUT2D eigenvalue weighted by Gasteiger charge is -2.13. The summed E-state index contributed by atoms with van der Waals surface area (Å²) >= 11 is 0. The molecule has 0 aliphatic heterocycles. The number of carbonyl (C=O) groups excluding carboxylic acids is 1. The van der Waals surface area contributed by atoms with Crippen molar-refractivity contribution in [2.75, 3.05) is 5.43 Å². The number of nitro benzene ring substituents is 1. The van der Waals surface area contributed by atoms with E-state index >= 15 is 0 Å². The number of amides is 1. The van der Waals surface area contributed by atoms with Gasteiger partial charge in [0.2, 0.25) is 15.9 Å². The lowest BCUT2D eigenvalue weighted by atomic mass is 10.3. The summed E-state index contributed by atoms with van der Waals surface area (Å²) in [6.45, 7) is 1.26. The molecule has 0 heterocycles. The van der Waals surface area contributed by atoms with Crippen LogP contribution in [0.25, 0.3) is 0 Å². The topological polar surface area (TPSA) is 170 Å². The van der Waals surface area contributed by atoms with Crippen molar-refractivity contribution >= 4 is 27.3 Å². The number of hydrogen-bond acceptors (Lipinski definition) is 7. The van der Waals surface area contributed by atoms with E-state index in [0.717, 1.165) is 18.2 Å². The number of nitrogen functional groups attached to an aromatic ring is 1. The molecule has 110 valence electrons. The monoisotopic (exact) mass is 303 g/mol. The molecule has 20 heavy (non-hydrogen) atoms. The Hall–Kier alpha value is -2.24. The molecule has 6 N–H and O–H groups in total. The summed E-state index contributed by atoms with van der Waals surface area (Å²) < 4.78 is 26.1. The first-order valence-electron chi connectivity index (χ1n) is 5.25. The molecule has 1 unspecified atom stereocenters. The third-order valence-electron chi connectivity index (χ3n) is 2.38. The lowest BCUT2D eigenvalue weighted by molar-refractivity contribution is -0.384. The van der Waals surface area contributed by atoms with E-state index in [2.05, 4.69) is 5.43 Å². The minimum atomic E-state index is -4.11. The molecule has 0 aliphatic rings. The minimum Gasteiger partial charge on any atom is -0.368 e. The largest absolute Gasteiger partial charge is 0.368 e. The zero-order chi connectivity index (χ0) is 15.5. The fraction of sp³-hybridized carbons (Fsp3) is 0.222. The van der Waals surface area contributed by atoms with E-state index in [1.165, 1.54) is 6.92 Å². The Balaban J connectivity index is 3.25. The normalized spacial score (nSPS) is 12.7. The number of primary amides is 1. The zero-order valence-corrected chi connectivity index (χ0v) is 11.2. The maximum atomic E-state index is 12.0. The van der Waals surface area contributed by atoms with Crippen molar-refractivity contribution in [2.24, 2.45) is 11.6 Å². The Morgan fingerprint density at radius 3 is 2.50 bits per heavy atom. The third kappa shape index (κ3) is 3.40. The fourth-order valence-electron chi connectivity index (χ4n) is 1.33. The number of rotatable bonds is 6. The van der Waals surface area contributed by atoms with Gasteiger partial charge in [0.1, 0.15) is 4.90 Å². The van der Waals surface area contributed by atoms with Gasteiger partial charge in [-0.25, -0.2) is 8.42 Å². The Morgan fingerprint density at radius 1 is 1.45 bits per heavy atom. The maximum Gasteiger partial charge on any atom is 0.271 e. The van der Waals surface area contributed by atoms with Crippen LogP contribution in [0.3, 0.4) is 0 Å². The average molecular weight is 303 g/mol. The Kier molecular flexibility index (Phi) is 4.60. The van der Waals surface area contributed by atoms with Gasteiger partial charge in [-0.1, -0.05) is 0 Å². The molecule has 10 nitrogen and oxygen atoms in total. The zero-order valence-electron chi connectivity index (χ0n) is 10.4. The number of benzene rings is 1. The molecule has 0 spiro atoms. The van der Waals surface area contributed by atoms with Crippen LogP contribution in [0.15, 0.2) is 23.1 Å². The molecule has 1 rings (SSSR count). The minimum absolute atomic E-state index is 0.177. The molecule has 1 aromatic rings. The second-order valence-corrected chi connectivity index (χ2v) is 5.51. The molecule has 1 aromatic carbocycles. The predicted molar refractivity (Wildman–Crippen MR) is 69.9 cm³/mol. The first kappa shape index (κ1) is 15.8. The SMILES string of the molecule is CC(NS(=O)(=O)c1ccc([N+](=O)[O-])cc1NN)C(N)=O. The second-order valence-electron chi connectivity index (χ2n) is 3.83. The summed E-state index contributed by atoms with van der Waals surface area (Å²) in [5.74, 6) is 4.29. The summed E-state index contributed by atoms with van der Waals surface area (Å²) in [5, 5.41) is 10.6. The number of nitrogens with zero attached hydrogens (tertiary/aromatic N) is 1. The molecule has 1 atom stereocenters. The van der Waals surface area contributed by atoms with Gasteiger partial charge in [0, 0.05) is 12.1 Å². The van der Waals surface area contributed by atoms with Gasteiger partial charge >= 0.3 is 0 Å². The highest BCUT2D eigenvalue weighted by molar-refractivity contribution is 7.89. The van der Waals surface area contributed by atoms with Gasteiger partial charge in [0.05, 0.1) is 16.7 Å². The maximum absolute atomic E-state index is 12.0. The third-order valence-corrected chi connectivity index (χ3v) is 3.98. The molecule has 11 heteroatoms. The van der Waals surface area contributed by atoms with Gasteiger partial charge < -0.3 is 11.2 Å². The van der Waals surface area contributed by atoms with E-state index in [4.69, 9.17) is 11.6 Å². The summed E-state index contributed by atoms with van der Waals surface area (Å²) in [5.41, 5.74) is 6.51. The number of anilines is 1. The Morgan fingerprint density at radius 2 is 2.05 bits per heavy atom. The van der Waals surface area contributed by atoms with Gasteiger partial charge in [-0.3, -0.25) is 20.8 Å². The lowest BCUT2D eigenvalue weighted by Crippen LogP contribution is -2.42. The van der Waals surface area contributed by atoms with Crippen molar-refractivity contribution in [2.45, 2.75) is 17.9 Å². The number of nitrogens with two attached hydrogens (primary N) is 2. The van der Waals surface area contributed by atoms with Crippen molar-refractivity contribution in [3.8, 4) is 0 Å². The number of nitro groups is 1. The van der Waals surface area contributed by atoms with E-state index in [1.54, 1.807) is 0 Å². The first-order valence-corrected chi connectivity index (χ1v) is 6.74. The van der Waals surface area contributed by atoms with E-state index in [1.807, 2.05) is 4.72 Å². The van der Waals surface area contributed by atoms with E-state index in [9.17, 15) is 23.3 Å². The van der Waals surface area contributed by atoms with Crippen LogP contribution in [0.5, 0.6) is 0 Å². The average Bonchev–Trinajstić information content (AvgIpc) is 2.37. The van der Waals surface area contributed by atoms with Crippen LogP contribution in [-0.2, 0) is 14.8 Å². The quantitative estimate of drug-likeness (QED) is 0.297. The van der Waals surface area contributed by atoms with Crippen molar-refractivity contribution in [3.63, 3.8) is 0 Å².